The molecule has 5 nitrogen and oxygen atoms in total. The number of hydrogen-bond acceptors (Lipinski definition) is 4. The minimum Gasteiger partial charge on any atom is -0.539 e. The lowest BCUT2D eigenvalue weighted by molar-refractivity contribution is -0.595. The molecule has 0 unspecified atom stereocenters. The van der Waals surface area contributed by atoms with E-state index in [2.05, 4.69) is 14.8 Å². The van der Waals surface area contributed by atoms with E-state index in [1.165, 1.54) is 16.9 Å². The molecule has 0 radical (unpaired) electrons. The van der Waals surface area contributed by atoms with Crippen LogP contribution >= 0.6 is 0 Å². The van der Waals surface area contributed by atoms with Crippen LogP contribution < -0.4 is 9.62 Å². The summed E-state index contributed by atoms with van der Waals surface area (Å²) < 4.78 is 5.66. The van der Waals surface area contributed by atoms with E-state index in [1.54, 1.807) is 6.20 Å². The van der Waals surface area contributed by atoms with Crippen molar-refractivity contribution in [2.45, 2.75) is 0 Å². The molecular weight excluding hydrogens is 134 g/mol. The summed E-state index contributed by atoms with van der Waals surface area (Å²) in [5.41, 5.74) is 0.350. The molecule has 0 spiro atoms. The lowest BCUT2D eigenvalue weighted by Gasteiger charge is -1.80. The van der Waals surface area contributed by atoms with Gasteiger partial charge < -0.3 is 9.63 Å². The molecule has 0 aliphatic heterocycles. The molecule has 0 aliphatic carbocycles. The molecule has 0 fully saturated rings. The third-order valence-corrected chi connectivity index (χ3v) is 1.16. The fourth-order valence-corrected chi connectivity index (χ4v) is 0.700. The van der Waals surface area contributed by atoms with Gasteiger partial charge in [-0.25, -0.2) is 0 Å². The number of fused-ring (bicyclic) bond motifs is 1. The van der Waals surface area contributed by atoms with Gasteiger partial charge in [0.25, 0.3) is 5.52 Å². The van der Waals surface area contributed by atoms with Crippen molar-refractivity contribution in [2.24, 2.45) is 0 Å². The molecule has 2 heterocycles. The van der Waals surface area contributed by atoms with Gasteiger partial charge >= 0.3 is 0 Å². The monoisotopic (exact) mass is 137 g/mol. The standard InChI is InChI=1S/C5H3N3O2/c9-5-4-3-6-1-2-8(4)7-10-5/h1-3H. The first-order chi connectivity index (χ1) is 4.88. The van der Waals surface area contributed by atoms with Gasteiger partial charge in [0.05, 0.1) is 11.5 Å². The molecule has 0 N–H and O–H groups in total. The Balaban J connectivity index is 2.93. The molecular formula is C5H3N3O2. The maximum atomic E-state index is 10.7. The normalized spacial score (nSPS) is 10.4. The van der Waals surface area contributed by atoms with Gasteiger partial charge in [-0.3, -0.25) is 4.98 Å². The van der Waals surface area contributed by atoms with Crippen molar-refractivity contribution in [1.82, 2.24) is 10.3 Å². The maximum Gasteiger partial charge on any atom is 0.281 e. The highest BCUT2D eigenvalue weighted by Gasteiger charge is 2.04. The Morgan fingerprint density at radius 2 is 2.50 bits per heavy atom. The Hall–Kier alpha value is -1.65. The highest BCUT2D eigenvalue weighted by molar-refractivity contribution is 5.42. The van der Waals surface area contributed by atoms with Crippen LogP contribution in [-0.4, -0.2) is 10.3 Å². The lowest BCUT2D eigenvalue weighted by Crippen LogP contribution is -2.21. The van der Waals surface area contributed by atoms with E-state index in [0.29, 0.717) is 5.52 Å². The van der Waals surface area contributed by atoms with Crippen molar-refractivity contribution in [3.05, 3.63) is 18.6 Å². The van der Waals surface area contributed by atoms with Crippen molar-refractivity contribution >= 4 is 5.52 Å². The summed E-state index contributed by atoms with van der Waals surface area (Å²) in [5, 5.41) is 14.1. The van der Waals surface area contributed by atoms with E-state index < -0.39 is 5.95 Å². The average molecular weight is 137 g/mol. The Morgan fingerprint density at radius 1 is 1.60 bits per heavy atom. The summed E-state index contributed by atoms with van der Waals surface area (Å²) in [6.07, 6.45) is 4.47. The van der Waals surface area contributed by atoms with Crippen molar-refractivity contribution in [1.29, 1.82) is 0 Å². The molecule has 10 heavy (non-hydrogen) atoms. The highest BCUT2D eigenvalue weighted by atomic mass is 16.6. The summed E-state index contributed by atoms with van der Waals surface area (Å²) in [7, 11) is 0. The number of hydrogen-bond donors (Lipinski definition) is 0. The van der Waals surface area contributed by atoms with Crippen LogP contribution in [0, 0.1) is 0 Å². The fourth-order valence-electron chi connectivity index (χ4n) is 0.700. The molecule has 2 aromatic rings. The van der Waals surface area contributed by atoms with Crippen LogP contribution in [0.15, 0.2) is 23.1 Å². The minimum absolute atomic E-state index is 0.350. The Labute approximate surface area is 55.5 Å². The molecule has 2 rings (SSSR count). The van der Waals surface area contributed by atoms with Gasteiger partial charge in [-0.1, -0.05) is 0 Å². The van der Waals surface area contributed by atoms with E-state index in [0.717, 1.165) is 0 Å². The molecule has 2 aromatic heterocycles. The van der Waals surface area contributed by atoms with Crippen LogP contribution in [0.4, 0.5) is 0 Å². The van der Waals surface area contributed by atoms with Gasteiger partial charge in [-0.2, -0.15) is 0 Å². The second-order valence-corrected chi connectivity index (χ2v) is 1.77. The quantitative estimate of drug-likeness (QED) is 0.431. The third kappa shape index (κ3) is 0.540. The molecule has 0 atom stereocenters. The lowest BCUT2D eigenvalue weighted by atomic mass is 10.6. The third-order valence-electron chi connectivity index (χ3n) is 1.16. The smallest absolute Gasteiger partial charge is 0.281 e. The van der Waals surface area contributed by atoms with Gasteiger partial charge in [0.2, 0.25) is 6.20 Å². The van der Waals surface area contributed by atoms with Crippen LogP contribution in [0.3, 0.4) is 0 Å². The zero-order valence-corrected chi connectivity index (χ0v) is 4.89. The number of aromatic nitrogens is 3. The van der Waals surface area contributed by atoms with Crippen LogP contribution in [-0.2, 0) is 0 Å². The largest absolute Gasteiger partial charge is 0.539 e. The molecule has 50 valence electrons. The summed E-state index contributed by atoms with van der Waals surface area (Å²) in [5.74, 6) is -0.465. The molecule has 0 amide bonds. The zero-order valence-electron chi connectivity index (χ0n) is 4.89. The summed E-state index contributed by atoms with van der Waals surface area (Å²) in [4.78, 5) is 3.73. The van der Waals surface area contributed by atoms with Gasteiger partial charge in [-0.05, 0) is 4.52 Å². The second kappa shape index (κ2) is 1.66. The van der Waals surface area contributed by atoms with Gasteiger partial charge in [0.1, 0.15) is 6.20 Å². The van der Waals surface area contributed by atoms with Crippen molar-refractivity contribution < 1.29 is 14.1 Å². The first-order valence-corrected chi connectivity index (χ1v) is 2.66. The highest BCUT2D eigenvalue weighted by Crippen LogP contribution is 2.04. The first-order valence-electron chi connectivity index (χ1n) is 2.66. The maximum absolute atomic E-state index is 10.7. The molecule has 0 saturated heterocycles. The molecule has 0 aliphatic rings. The summed E-state index contributed by atoms with van der Waals surface area (Å²) in [6, 6.07) is 0. The first kappa shape index (κ1) is 5.16. The topological polar surface area (TPSA) is 66.1 Å². The SMILES string of the molecule is [O-]c1on[n+]2ccncc12. The fraction of sp³-hybridized carbons (Fsp3) is 0. The molecule has 0 aromatic carbocycles. The number of nitrogens with zero attached hydrogens (tertiary/aromatic N) is 3. The Morgan fingerprint density at radius 3 is 3.30 bits per heavy atom. The predicted molar refractivity (Wildman–Crippen MR) is 26.9 cm³/mol. The number of rotatable bonds is 0. The van der Waals surface area contributed by atoms with Gasteiger partial charge in [-0.15, -0.1) is 0 Å². The molecule has 5 heteroatoms. The van der Waals surface area contributed by atoms with Crippen LogP contribution in [0.5, 0.6) is 5.95 Å². The Kier molecular flexibility index (Phi) is 0.858. The van der Waals surface area contributed by atoms with Crippen LogP contribution in [0.25, 0.3) is 5.52 Å². The van der Waals surface area contributed by atoms with Gasteiger partial charge in [0.15, 0.2) is 5.95 Å². The minimum atomic E-state index is -0.465. The molecule has 0 bridgehead atoms. The van der Waals surface area contributed by atoms with E-state index in [9.17, 15) is 5.11 Å². The molecule has 0 saturated carbocycles. The average Bonchev–Trinajstić information content (AvgIpc) is 2.34. The van der Waals surface area contributed by atoms with Crippen LogP contribution in [0.2, 0.25) is 0 Å². The van der Waals surface area contributed by atoms with E-state index >= 15 is 0 Å². The van der Waals surface area contributed by atoms with Crippen molar-refractivity contribution in [2.75, 3.05) is 0 Å². The van der Waals surface area contributed by atoms with E-state index in [4.69, 9.17) is 0 Å². The zero-order chi connectivity index (χ0) is 6.97. The van der Waals surface area contributed by atoms with Crippen molar-refractivity contribution in [3.8, 4) is 5.95 Å². The van der Waals surface area contributed by atoms with E-state index in [-0.39, 0.29) is 0 Å². The summed E-state index contributed by atoms with van der Waals surface area (Å²) >= 11 is 0. The van der Waals surface area contributed by atoms with Crippen molar-refractivity contribution in [3.63, 3.8) is 0 Å². The second-order valence-electron chi connectivity index (χ2n) is 1.77. The van der Waals surface area contributed by atoms with E-state index in [1.807, 2.05) is 0 Å². The van der Waals surface area contributed by atoms with Crippen LogP contribution in [0.1, 0.15) is 0 Å². The Bertz CT molecular complexity index is 356. The predicted octanol–water partition coefficient (Wildman–Crippen LogP) is -1.12. The van der Waals surface area contributed by atoms with Gasteiger partial charge in [0, 0.05) is 0 Å². The summed E-state index contributed by atoms with van der Waals surface area (Å²) in [6.45, 7) is 0.